The molecule has 13 heavy (non-hydrogen) atoms. The number of aromatic amines is 1. The summed E-state index contributed by atoms with van der Waals surface area (Å²) >= 11 is 2.91. The number of pyridine rings is 1. The maximum Gasteiger partial charge on any atom is 0.269 e. The lowest BCUT2D eigenvalue weighted by atomic mass is 10.2. The van der Waals surface area contributed by atoms with Gasteiger partial charge in [0.05, 0.1) is 11.3 Å². The van der Waals surface area contributed by atoms with E-state index in [1.807, 2.05) is 4.98 Å². The van der Waals surface area contributed by atoms with E-state index in [9.17, 15) is 18.0 Å². The predicted molar refractivity (Wildman–Crippen MR) is 44.6 cm³/mol. The topological polar surface area (TPSA) is 32.9 Å². The molecule has 1 rings (SSSR count). The van der Waals surface area contributed by atoms with Crippen LogP contribution in [0.5, 0.6) is 0 Å². The number of rotatable bonds is 2. The van der Waals surface area contributed by atoms with Gasteiger partial charge < -0.3 is 4.98 Å². The van der Waals surface area contributed by atoms with Crippen molar-refractivity contribution in [2.24, 2.45) is 0 Å². The molecule has 0 saturated heterocycles. The number of halogens is 4. The second-order valence-electron chi connectivity index (χ2n) is 2.31. The Morgan fingerprint density at radius 2 is 2.15 bits per heavy atom. The van der Waals surface area contributed by atoms with Crippen LogP contribution in [0.25, 0.3) is 0 Å². The highest BCUT2D eigenvalue weighted by atomic mass is 79.9. The van der Waals surface area contributed by atoms with Crippen LogP contribution in [0.1, 0.15) is 17.7 Å². The molecule has 0 aliphatic carbocycles. The van der Waals surface area contributed by atoms with Gasteiger partial charge in [0.15, 0.2) is 0 Å². The predicted octanol–water partition coefficient (Wildman–Crippen LogP) is 2.35. The molecule has 0 atom stereocenters. The van der Waals surface area contributed by atoms with Crippen LogP contribution in [0.15, 0.2) is 10.9 Å². The van der Waals surface area contributed by atoms with Gasteiger partial charge >= 0.3 is 0 Å². The van der Waals surface area contributed by atoms with E-state index in [-0.39, 0.29) is 11.0 Å². The first kappa shape index (κ1) is 10.3. The highest BCUT2D eigenvalue weighted by Gasteiger charge is 2.15. The van der Waals surface area contributed by atoms with Crippen molar-refractivity contribution in [1.29, 1.82) is 0 Å². The van der Waals surface area contributed by atoms with Gasteiger partial charge in [-0.3, -0.25) is 4.79 Å². The molecule has 1 N–H and O–H groups in total. The molecular weight excluding hydrogens is 251 g/mol. The van der Waals surface area contributed by atoms with Crippen LogP contribution in [-0.2, 0) is 5.33 Å². The standard InChI is InChI=1S/C7H5BrF3NO/c8-2-5-4(9)1-3(6(10)11)7(13)12-5/h1,6H,2H2,(H,12,13). The molecule has 1 heterocycles. The third-order valence-corrected chi connectivity index (χ3v) is 2.03. The molecule has 0 amide bonds. The Labute approximate surface area is 79.9 Å². The number of aromatic nitrogens is 1. The molecule has 0 spiro atoms. The second-order valence-corrected chi connectivity index (χ2v) is 2.88. The minimum Gasteiger partial charge on any atom is -0.322 e. The summed E-state index contributed by atoms with van der Waals surface area (Å²) in [5.41, 5.74) is -1.83. The Balaban J connectivity index is 3.29. The van der Waals surface area contributed by atoms with Gasteiger partial charge in [0.25, 0.3) is 12.0 Å². The fraction of sp³-hybridized carbons (Fsp3) is 0.286. The molecule has 0 radical (unpaired) electrons. The first-order valence-corrected chi connectivity index (χ1v) is 4.44. The zero-order valence-corrected chi connectivity index (χ0v) is 7.87. The molecule has 1 aromatic rings. The van der Waals surface area contributed by atoms with E-state index in [2.05, 4.69) is 15.9 Å². The molecule has 0 bridgehead atoms. The summed E-state index contributed by atoms with van der Waals surface area (Å²) < 4.78 is 36.9. The molecule has 72 valence electrons. The molecular formula is C7H5BrF3NO. The highest BCUT2D eigenvalue weighted by Crippen LogP contribution is 2.16. The van der Waals surface area contributed by atoms with Crippen LogP contribution >= 0.6 is 15.9 Å². The van der Waals surface area contributed by atoms with E-state index in [4.69, 9.17) is 0 Å². The first-order valence-electron chi connectivity index (χ1n) is 3.32. The number of hydrogen-bond donors (Lipinski definition) is 1. The zero-order chi connectivity index (χ0) is 10.0. The van der Waals surface area contributed by atoms with Gasteiger partial charge in [-0.15, -0.1) is 0 Å². The van der Waals surface area contributed by atoms with Crippen LogP contribution in [0.2, 0.25) is 0 Å². The summed E-state index contributed by atoms with van der Waals surface area (Å²) in [5.74, 6) is -0.841. The van der Waals surface area contributed by atoms with Crippen molar-refractivity contribution in [2.75, 3.05) is 0 Å². The van der Waals surface area contributed by atoms with Crippen molar-refractivity contribution in [3.8, 4) is 0 Å². The molecule has 1 aromatic heterocycles. The normalized spacial score (nSPS) is 10.8. The Morgan fingerprint density at radius 1 is 1.54 bits per heavy atom. The van der Waals surface area contributed by atoms with Gasteiger partial charge in [0.2, 0.25) is 0 Å². The van der Waals surface area contributed by atoms with Gasteiger partial charge in [-0.05, 0) is 6.07 Å². The molecule has 0 unspecified atom stereocenters. The highest BCUT2D eigenvalue weighted by molar-refractivity contribution is 9.08. The van der Waals surface area contributed by atoms with Crippen LogP contribution in [0.4, 0.5) is 13.2 Å². The van der Waals surface area contributed by atoms with Crippen LogP contribution in [0.3, 0.4) is 0 Å². The van der Waals surface area contributed by atoms with E-state index >= 15 is 0 Å². The first-order chi connectivity index (χ1) is 6.06. The smallest absolute Gasteiger partial charge is 0.269 e. The molecule has 0 aromatic carbocycles. The minimum atomic E-state index is -2.96. The van der Waals surface area contributed by atoms with E-state index in [1.54, 1.807) is 0 Å². The van der Waals surface area contributed by atoms with Crippen molar-refractivity contribution in [3.63, 3.8) is 0 Å². The number of alkyl halides is 3. The maximum atomic E-state index is 12.9. The average Bonchev–Trinajstić information content (AvgIpc) is 2.07. The third-order valence-electron chi connectivity index (χ3n) is 1.47. The quantitative estimate of drug-likeness (QED) is 0.809. The lowest BCUT2D eigenvalue weighted by molar-refractivity contribution is 0.149. The third kappa shape index (κ3) is 2.12. The van der Waals surface area contributed by atoms with Crippen molar-refractivity contribution in [2.45, 2.75) is 11.8 Å². The number of nitrogens with one attached hydrogen (secondary N) is 1. The van der Waals surface area contributed by atoms with Crippen molar-refractivity contribution in [3.05, 3.63) is 33.5 Å². The van der Waals surface area contributed by atoms with Crippen molar-refractivity contribution < 1.29 is 13.2 Å². The second kappa shape index (κ2) is 3.95. The Morgan fingerprint density at radius 3 is 2.62 bits per heavy atom. The average molecular weight is 256 g/mol. The van der Waals surface area contributed by atoms with Gasteiger partial charge in [-0.1, -0.05) is 15.9 Å². The number of hydrogen-bond acceptors (Lipinski definition) is 1. The fourth-order valence-corrected chi connectivity index (χ4v) is 1.23. The zero-order valence-electron chi connectivity index (χ0n) is 6.28. The van der Waals surface area contributed by atoms with Gasteiger partial charge in [-0.2, -0.15) is 0 Å². The Bertz CT molecular complexity index is 363. The maximum absolute atomic E-state index is 12.9. The van der Waals surface area contributed by atoms with Crippen LogP contribution < -0.4 is 5.56 Å². The van der Waals surface area contributed by atoms with Crippen LogP contribution in [0, 0.1) is 5.82 Å². The molecule has 0 saturated carbocycles. The Kier molecular flexibility index (Phi) is 3.13. The molecule has 2 nitrogen and oxygen atoms in total. The van der Waals surface area contributed by atoms with Gasteiger partial charge in [0, 0.05) is 5.33 Å². The molecule has 0 aliphatic rings. The SMILES string of the molecule is O=c1[nH]c(CBr)c(F)cc1C(F)F. The van der Waals surface area contributed by atoms with E-state index in [1.165, 1.54) is 0 Å². The van der Waals surface area contributed by atoms with E-state index < -0.39 is 23.4 Å². The summed E-state index contributed by atoms with van der Waals surface area (Å²) in [6.07, 6.45) is -2.96. The van der Waals surface area contributed by atoms with Gasteiger partial charge in [0.1, 0.15) is 5.82 Å². The summed E-state index contributed by atoms with van der Waals surface area (Å²) in [7, 11) is 0. The molecule has 0 fully saturated rings. The summed E-state index contributed by atoms with van der Waals surface area (Å²) in [6.45, 7) is 0. The van der Waals surface area contributed by atoms with Crippen molar-refractivity contribution in [1.82, 2.24) is 4.98 Å². The van der Waals surface area contributed by atoms with E-state index in [0.717, 1.165) is 0 Å². The fourth-order valence-electron chi connectivity index (χ4n) is 0.817. The number of H-pyrrole nitrogens is 1. The Hall–Kier alpha value is -0.780. The summed E-state index contributed by atoms with van der Waals surface area (Å²) in [5, 5.41) is 0.0809. The van der Waals surface area contributed by atoms with Crippen LogP contribution in [-0.4, -0.2) is 4.98 Å². The lowest BCUT2D eigenvalue weighted by Crippen LogP contribution is -2.16. The lowest BCUT2D eigenvalue weighted by Gasteiger charge is -2.01. The molecule has 6 heteroatoms. The van der Waals surface area contributed by atoms with Gasteiger partial charge in [-0.25, -0.2) is 13.2 Å². The summed E-state index contributed by atoms with van der Waals surface area (Å²) in [6, 6.07) is 0.556. The summed E-state index contributed by atoms with van der Waals surface area (Å²) in [4.78, 5) is 12.9. The monoisotopic (exact) mass is 255 g/mol. The molecule has 0 aliphatic heterocycles. The largest absolute Gasteiger partial charge is 0.322 e. The van der Waals surface area contributed by atoms with E-state index in [0.29, 0.717) is 6.07 Å². The minimum absolute atomic E-state index is 0.0330. The van der Waals surface area contributed by atoms with Crippen molar-refractivity contribution >= 4 is 15.9 Å².